The van der Waals surface area contributed by atoms with Crippen LogP contribution in [0.1, 0.15) is 12.0 Å². The minimum Gasteiger partial charge on any atom is -0.454 e. The molecule has 2 N–H and O–H groups in total. The number of anilines is 1. The SMILES string of the molecule is CN1C=C(c2cc(NS(=O)(=O)C(F)(F)F)ccc2Oc2ccccc2F)C2CCNC2C1=O. The Morgan fingerprint density at radius 1 is 1.15 bits per heavy atom. The van der Waals surface area contributed by atoms with E-state index in [1.165, 1.54) is 53.2 Å². The first kappa shape index (κ1) is 23.1. The van der Waals surface area contributed by atoms with Crippen molar-refractivity contribution in [3.05, 3.63) is 60.0 Å². The van der Waals surface area contributed by atoms with E-state index in [9.17, 15) is 30.8 Å². The van der Waals surface area contributed by atoms with E-state index in [-0.39, 0.29) is 34.6 Å². The molecule has 2 heterocycles. The Morgan fingerprint density at radius 2 is 1.88 bits per heavy atom. The lowest BCUT2D eigenvalue weighted by atomic mass is 9.84. The number of ether oxygens (including phenoxy) is 1. The minimum absolute atomic E-state index is 0.0923. The molecule has 1 fully saturated rings. The van der Waals surface area contributed by atoms with Crippen molar-refractivity contribution in [2.24, 2.45) is 5.92 Å². The molecule has 2 unspecified atom stereocenters. The fourth-order valence-corrected chi connectivity index (χ4v) is 4.47. The smallest absolute Gasteiger partial charge is 0.454 e. The van der Waals surface area contributed by atoms with Gasteiger partial charge in [-0.25, -0.2) is 4.39 Å². The molecule has 33 heavy (non-hydrogen) atoms. The summed E-state index contributed by atoms with van der Waals surface area (Å²) in [6.45, 7) is 0.538. The number of carbonyl (C=O) groups excluding carboxylic acids is 1. The summed E-state index contributed by atoms with van der Waals surface area (Å²) in [5.41, 5.74) is -5.08. The Labute approximate surface area is 187 Å². The van der Waals surface area contributed by atoms with E-state index in [1.54, 1.807) is 6.07 Å². The number of sulfonamides is 1. The first-order valence-electron chi connectivity index (χ1n) is 9.85. The van der Waals surface area contributed by atoms with Gasteiger partial charge in [0, 0.05) is 30.4 Å². The van der Waals surface area contributed by atoms with Crippen LogP contribution in [0.2, 0.25) is 0 Å². The standard InChI is InChI=1S/C21H19F4N3O4S/c1-28-11-15(13-8-9-26-19(13)20(28)29)14-10-12(27-33(30,31)21(23,24)25)6-7-17(14)32-18-5-3-2-4-16(18)22/h2-7,10-11,13,19,26-27H,8-9H2,1H3. The number of halogens is 4. The summed E-state index contributed by atoms with van der Waals surface area (Å²) >= 11 is 0. The van der Waals surface area contributed by atoms with Gasteiger partial charge in [0.05, 0.1) is 6.04 Å². The van der Waals surface area contributed by atoms with Gasteiger partial charge in [0.15, 0.2) is 11.6 Å². The van der Waals surface area contributed by atoms with Crippen LogP contribution >= 0.6 is 0 Å². The number of alkyl halides is 3. The first-order valence-corrected chi connectivity index (χ1v) is 11.3. The fourth-order valence-electron chi connectivity index (χ4n) is 3.92. The minimum atomic E-state index is -5.66. The van der Waals surface area contributed by atoms with E-state index >= 15 is 0 Å². The Hall–Kier alpha value is -3.12. The molecule has 2 aromatic carbocycles. The maximum atomic E-state index is 14.2. The zero-order chi connectivity index (χ0) is 24.0. The number of benzene rings is 2. The van der Waals surface area contributed by atoms with Gasteiger partial charge in [-0.3, -0.25) is 9.52 Å². The third-order valence-corrected chi connectivity index (χ3v) is 6.59. The molecular weight excluding hydrogens is 466 g/mol. The second kappa shape index (κ2) is 8.34. The molecule has 2 atom stereocenters. The molecule has 0 radical (unpaired) electrons. The van der Waals surface area contributed by atoms with Gasteiger partial charge in [0.25, 0.3) is 0 Å². The Bertz CT molecular complexity index is 1230. The maximum Gasteiger partial charge on any atom is 0.516 e. The number of amides is 1. The van der Waals surface area contributed by atoms with E-state index in [4.69, 9.17) is 4.74 Å². The summed E-state index contributed by atoms with van der Waals surface area (Å²) in [6.07, 6.45) is 2.09. The molecule has 12 heteroatoms. The van der Waals surface area contributed by atoms with Crippen molar-refractivity contribution in [2.45, 2.75) is 18.0 Å². The number of para-hydroxylation sites is 1. The molecule has 0 spiro atoms. The average molecular weight is 485 g/mol. The number of hydrogen-bond acceptors (Lipinski definition) is 5. The number of hydrogen-bond donors (Lipinski definition) is 2. The van der Waals surface area contributed by atoms with Gasteiger partial charge in [-0.1, -0.05) is 12.1 Å². The van der Waals surface area contributed by atoms with E-state index in [0.717, 1.165) is 6.07 Å². The third-order valence-electron chi connectivity index (χ3n) is 5.47. The molecule has 0 bridgehead atoms. The van der Waals surface area contributed by atoms with Crippen LogP contribution in [-0.4, -0.2) is 44.4 Å². The van der Waals surface area contributed by atoms with Crippen molar-refractivity contribution in [2.75, 3.05) is 18.3 Å². The highest BCUT2D eigenvalue weighted by Gasteiger charge is 2.46. The molecule has 1 amide bonds. The van der Waals surface area contributed by atoms with Crippen LogP contribution in [0.3, 0.4) is 0 Å². The molecular formula is C21H19F4N3O4S. The fraction of sp³-hybridized carbons (Fsp3) is 0.286. The van der Waals surface area contributed by atoms with E-state index in [1.807, 2.05) is 0 Å². The Kier molecular flexibility index (Phi) is 5.83. The maximum absolute atomic E-state index is 14.2. The van der Waals surface area contributed by atoms with Crippen LogP contribution in [0.4, 0.5) is 23.2 Å². The highest BCUT2D eigenvalue weighted by Crippen LogP contribution is 2.42. The summed E-state index contributed by atoms with van der Waals surface area (Å²) in [6, 6.07) is 8.56. The molecule has 2 aliphatic rings. The van der Waals surface area contributed by atoms with E-state index < -0.39 is 27.4 Å². The molecule has 0 saturated carbocycles. The van der Waals surface area contributed by atoms with Gasteiger partial charge in [-0.05, 0) is 48.9 Å². The van der Waals surface area contributed by atoms with Crippen LogP contribution in [-0.2, 0) is 14.8 Å². The second-order valence-corrected chi connectivity index (χ2v) is 9.33. The highest BCUT2D eigenvalue weighted by molar-refractivity contribution is 7.93. The van der Waals surface area contributed by atoms with Gasteiger partial charge in [0.1, 0.15) is 5.75 Å². The molecule has 4 rings (SSSR count). The summed E-state index contributed by atoms with van der Waals surface area (Å²) in [5, 5.41) is 3.10. The van der Waals surface area contributed by atoms with Crippen molar-refractivity contribution in [1.29, 1.82) is 0 Å². The number of carbonyl (C=O) groups is 1. The summed E-state index contributed by atoms with van der Waals surface area (Å²) in [4.78, 5) is 13.8. The van der Waals surface area contributed by atoms with Gasteiger partial charge >= 0.3 is 15.5 Å². The first-order chi connectivity index (χ1) is 15.5. The van der Waals surface area contributed by atoms with Crippen LogP contribution < -0.4 is 14.8 Å². The monoisotopic (exact) mass is 485 g/mol. The van der Waals surface area contributed by atoms with Crippen LogP contribution in [0.15, 0.2) is 48.7 Å². The van der Waals surface area contributed by atoms with Gasteiger partial charge in [-0.15, -0.1) is 0 Å². The van der Waals surface area contributed by atoms with Crippen LogP contribution in [0.5, 0.6) is 11.5 Å². The van der Waals surface area contributed by atoms with Gasteiger partial charge < -0.3 is 15.0 Å². The molecule has 7 nitrogen and oxygen atoms in total. The second-order valence-electron chi connectivity index (χ2n) is 7.66. The van der Waals surface area contributed by atoms with Crippen molar-refractivity contribution < 1.29 is 35.5 Å². The van der Waals surface area contributed by atoms with E-state index in [2.05, 4.69) is 5.32 Å². The number of fused-ring (bicyclic) bond motifs is 1. The average Bonchev–Trinajstić information content (AvgIpc) is 3.23. The molecule has 0 aromatic heterocycles. The van der Waals surface area contributed by atoms with Crippen molar-refractivity contribution in [3.8, 4) is 11.5 Å². The highest BCUT2D eigenvalue weighted by atomic mass is 32.2. The lowest BCUT2D eigenvalue weighted by Gasteiger charge is -2.32. The zero-order valence-electron chi connectivity index (χ0n) is 17.2. The molecule has 2 aliphatic heterocycles. The molecule has 0 aliphatic carbocycles. The third kappa shape index (κ3) is 4.40. The quantitative estimate of drug-likeness (QED) is 0.632. The molecule has 2 aromatic rings. The lowest BCUT2D eigenvalue weighted by Crippen LogP contribution is -2.46. The van der Waals surface area contributed by atoms with Crippen molar-refractivity contribution >= 4 is 27.2 Å². The normalized spacial score (nSPS) is 20.9. The summed E-state index contributed by atoms with van der Waals surface area (Å²) in [5.74, 6) is -1.19. The summed E-state index contributed by atoms with van der Waals surface area (Å²) < 4.78 is 83.3. The predicted octanol–water partition coefficient (Wildman–Crippen LogP) is 3.67. The largest absolute Gasteiger partial charge is 0.516 e. The number of nitrogens with one attached hydrogen (secondary N) is 2. The van der Waals surface area contributed by atoms with E-state index in [0.29, 0.717) is 18.5 Å². The van der Waals surface area contributed by atoms with Gasteiger partial charge in [0.2, 0.25) is 5.91 Å². The van der Waals surface area contributed by atoms with Crippen molar-refractivity contribution in [1.82, 2.24) is 10.2 Å². The predicted molar refractivity (Wildman–Crippen MR) is 112 cm³/mol. The lowest BCUT2D eigenvalue weighted by molar-refractivity contribution is -0.130. The Balaban J connectivity index is 1.82. The summed E-state index contributed by atoms with van der Waals surface area (Å²) in [7, 11) is -4.13. The van der Waals surface area contributed by atoms with Gasteiger partial charge in [-0.2, -0.15) is 21.6 Å². The topological polar surface area (TPSA) is 87.7 Å². The van der Waals surface area contributed by atoms with Crippen LogP contribution in [0.25, 0.3) is 5.57 Å². The zero-order valence-corrected chi connectivity index (χ0v) is 18.0. The van der Waals surface area contributed by atoms with Crippen molar-refractivity contribution in [3.63, 3.8) is 0 Å². The number of likely N-dealkylation sites (N-methyl/N-ethyl adjacent to an activating group) is 1. The number of rotatable bonds is 5. The Morgan fingerprint density at radius 3 is 2.58 bits per heavy atom. The molecule has 1 saturated heterocycles. The van der Waals surface area contributed by atoms with Crippen LogP contribution in [0, 0.1) is 11.7 Å². The number of nitrogens with zero attached hydrogens (tertiary/aromatic N) is 1. The molecule has 176 valence electrons.